The summed E-state index contributed by atoms with van der Waals surface area (Å²) in [5, 5.41) is 11.1. The number of rotatable bonds is 9. The summed E-state index contributed by atoms with van der Waals surface area (Å²) in [5.41, 5.74) is 2.52. The van der Waals surface area contributed by atoms with E-state index in [1.165, 1.54) is 24.0 Å². The molecule has 1 atom stereocenters. The Kier molecular flexibility index (Phi) is 7.93. The monoisotopic (exact) mass is 398 g/mol. The zero-order chi connectivity index (χ0) is 20.5. The summed E-state index contributed by atoms with van der Waals surface area (Å²) in [6, 6.07) is 8.70. The summed E-state index contributed by atoms with van der Waals surface area (Å²) in [4.78, 5) is 7.46. The number of methoxy groups -OCH3 is 1. The molecule has 3 rings (SSSR count). The molecule has 1 aliphatic heterocycles. The number of hydrogen-bond acceptors (Lipinski definition) is 4. The van der Waals surface area contributed by atoms with E-state index in [2.05, 4.69) is 45.9 Å². The maximum Gasteiger partial charge on any atom is 0.191 e. The van der Waals surface area contributed by atoms with Crippen LogP contribution in [0.25, 0.3) is 0 Å². The van der Waals surface area contributed by atoms with Crippen LogP contribution in [0.3, 0.4) is 0 Å². The molecule has 158 valence electrons. The van der Waals surface area contributed by atoms with Crippen LogP contribution in [0, 0.1) is 0 Å². The van der Waals surface area contributed by atoms with E-state index in [1.807, 2.05) is 30.1 Å². The van der Waals surface area contributed by atoms with Crippen LogP contribution in [-0.2, 0) is 13.5 Å². The highest BCUT2D eigenvalue weighted by Crippen LogP contribution is 2.27. The Bertz CT molecular complexity index is 764. The van der Waals surface area contributed by atoms with Crippen molar-refractivity contribution in [2.75, 3.05) is 39.8 Å². The molecule has 1 aliphatic rings. The third-order valence-electron chi connectivity index (χ3n) is 5.31. The van der Waals surface area contributed by atoms with E-state index in [4.69, 9.17) is 9.73 Å². The fourth-order valence-electron chi connectivity index (χ4n) is 3.76. The van der Waals surface area contributed by atoms with Gasteiger partial charge in [0.05, 0.1) is 25.9 Å². The summed E-state index contributed by atoms with van der Waals surface area (Å²) < 4.78 is 7.16. The maximum atomic E-state index is 5.32. The largest absolute Gasteiger partial charge is 0.497 e. The Balaban J connectivity index is 1.64. The van der Waals surface area contributed by atoms with Crippen molar-refractivity contribution in [1.82, 2.24) is 25.3 Å². The lowest BCUT2D eigenvalue weighted by Gasteiger charge is -2.27. The molecular weight excluding hydrogens is 364 g/mol. The number of aryl methyl sites for hydroxylation is 1. The molecule has 0 radical (unpaired) electrons. The minimum absolute atomic E-state index is 0.289. The van der Waals surface area contributed by atoms with Crippen LogP contribution in [0.1, 0.15) is 36.9 Å². The lowest BCUT2D eigenvalue weighted by Crippen LogP contribution is -2.39. The zero-order valence-electron chi connectivity index (χ0n) is 17.9. The van der Waals surface area contributed by atoms with Crippen molar-refractivity contribution in [1.29, 1.82) is 0 Å². The van der Waals surface area contributed by atoms with Gasteiger partial charge in [-0.2, -0.15) is 5.10 Å². The number of hydrogen-bond donors (Lipinski definition) is 2. The number of benzene rings is 1. The normalized spacial score (nSPS) is 16.0. The molecule has 0 saturated carbocycles. The van der Waals surface area contributed by atoms with Crippen molar-refractivity contribution >= 4 is 5.96 Å². The third-order valence-corrected chi connectivity index (χ3v) is 5.31. The van der Waals surface area contributed by atoms with E-state index in [1.54, 1.807) is 7.11 Å². The van der Waals surface area contributed by atoms with Crippen molar-refractivity contribution < 1.29 is 4.74 Å². The summed E-state index contributed by atoms with van der Waals surface area (Å²) >= 11 is 0. The topological polar surface area (TPSA) is 66.7 Å². The van der Waals surface area contributed by atoms with Gasteiger partial charge in [0, 0.05) is 26.3 Å². The van der Waals surface area contributed by atoms with Gasteiger partial charge in [-0.15, -0.1) is 0 Å². The summed E-state index contributed by atoms with van der Waals surface area (Å²) in [6.45, 7) is 6.77. The first-order valence-electron chi connectivity index (χ1n) is 10.6. The summed E-state index contributed by atoms with van der Waals surface area (Å²) in [5.74, 6) is 1.76. The number of nitrogens with zero attached hydrogens (tertiary/aromatic N) is 4. The Morgan fingerprint density at radius 2 is 1.97 bits per heavy atom. The first-order valence-corrected chi connectivity index (χ1v) is 10.6. The lowest BCUT2D eigenvalue weighted by molar-refractivity contribution is 0.251. The lowest BCUT2D eigenvalue weighted by atomic mass is 10.1. The number of nitrogens with one attached hydrogen (secondary N) is 2. The maximum absolute atomic E-state index is 5.32. The summed E-state index contributed by atoms with van der Waals surface area (Å²) in [6.07, 6.45) is 7.42. The van der Waals surface area contributed by atoms with Gasteiger partial charge < -0.3 is 15.4 Å². The van der Waals surface area contributed by atoms with Crippen molar-refractivity contribution in [2.24, 2.45) is 12.0 Å². The van der Waals surface area contributed by atoms with Crippen molar-refractivity contribution in [3.05, 3.63) is 47.8 Å². The van der Waals surface area contributed by atoms with Crippen molar-refractivity contribution in [3.63, 3.8) is 0 Å². The number of ether oxygens (including phenoxy) is 1. The molecule has 2 aromatic rings. The highest BCUT2D eigenvalue weighted by atomic mass is 16.5. The fourth-order valence-corrected chi connectivity index (χ4v) is 3.76. The minimum atomic E-state index is 0.289. The quantitative estimate of drug-likeness (QED) is 0.501. The highest BCUT2D eigenvalue weighted by molar-refractivity contribution is 5.79. The molecule has 1 fully saturated rings. The summed E-state index contributed by atoms with van der Waals surface area (Å²) in [7, 11) is 3.65. The highest BCUT2D eigenvalue weighted by Gasteiger charge is 2.23. The first kappa shape index (κ1) is 21.2. The molecule has 7 nitrogen and oxygen atoms in total. The molecule has 7 heteroatoms. The van der Waals surface area contributed by atoms with Gasteiger partial charge in [0.1, 0.15) is 5.75 Å². The van der Waals surface area contributed by atoms with Crippen LogP contribution in [0.5, 0.6) is 5.75 Å². The molecule has 1 aromatic heterocycles. The van der Waals surface area contributed by atoms with Gasteiger partial charge >= 0.3 is 0 Å². The van der Waals surface area contributed by atoms with Gasteiger partial charge in [0.2, 0.25) is 0 Å². The Hall–Kier alpha value is -2.54. The van der Waals surface area contributed by atoms with Crippen molar-refractivity contribution in [2.45, 2.75) is 32.2 Å². The molecule has 2 heterocycles. The van der Waals surface area contributed by atoms with Gasteiger partial charge in [-0.3, -0.25) is 14.6 Å². The van der Waals surface area contributed by atoms with Crippen molar-refractivity contribution in [3.8, 4) is 5.75 Å². The fraction of sp³-hybridized carbons (Fsp3) is 0.545. The first-order chi connectivity index (χ1) is 14.2. The predicted molar refractivity (Wildman–Crippen MR) is 117 cm³/mol. The Morgan fingerprint density at radius 1 is 1.21 bits per heavy atom. The van der Waals surface area contributed by atoms with E-state index in [-0.39, 0.29) is 6.04 Å². The van der Waals surface area contributed by atoms with Crippen LogP contribution in [0.2, 0.25) is 0 Å². The van der Waals surface area contributed by atoms with E-state index >= 15 is 0 Å². The smallest absolute Gasteiger partial charge is 0.191 e. The van der Waals surface area contributed by atoms with E-state index in [0.717, 1.165) is 50.9 Å². The molecule has 29 heavy (non-hydrogen) atoms. The van der Waals surface area contributed by atoms with E-state index in [9.17, 15) is 0 Å². The number of aliphatic imine (C=N–C) groups is 1. The Labute approximate surface area is 174 Å². The molecular formula is C22H34N6O. The average molecular weight is 399 g/mol. The standard InChI is InChI=1S/C22H34N6O/c1-4-23-22(24-12-11-18-15-26-27(2)17-18)25-16-21(28-13-5-6-14-28)19-7-9-20(29-3)10-8-19/h7-10,15,17,21H,4-6,11-14,16H2,1-3H3,(H2,23,24,25). The average Bonchev–Trinajstić information content (AvgIpc) is 3.41. The van der Waals surface area contributed by atoms with Gasteiger partial charge in [0.25, 0.3) is 0 Å². The van der Waals surface area contributed by atoms with Crippen LogP contribution in [0.4, 0.5) is 0 Å². The molecule has 0 aliphatic carbocycles. The second-order valence-corrected chi connectivity index (χ2v) is 7.45. The van der Waals surface area contributed by atoms with Crippen LogP contribution in [0.15, 0.2) is 41.7 Å². The number of likely N-dealkylation sites (tertiary alicyclic amines) is 1. The van der Waals surface area contributed by atoms with E-state index in [0.29, 0.717) is 0 Å². The Morgan fingerprint density at radius 3 is 2.59 bits per heavy atom. The minimum Gasteiger partial charge on any atom is -0.497 e. The SMILES string of the molecule is CCNC(=NCC(c1ccc(OC)cc1)N1CCCC1)NCCc1cnn(C)c1. The molecule has 1 unspecified atom stereocenters. The second kappa shape index (κ2) is 10.9. The van der Waals surface area contributed by atoms with Gasteiger partial charge in [-0.25, -0.2) is 0 Å². The van der Waals surface area contributed by atoms with Crippen LogP contribution >= 0.6 is 0 Å². The zero-order valence-corrected chi connectivity index (χ0v) is 17.9. The molecule has 0 spiro atoms. The molecule has 0 bridgehead atoms. The molecule has 1 saturated heterocycles. The second-order valence-electron chi connectivity index (χ2n) is 7.45. The van der Waals surface area contributed by atoms with E-state index < -0.39 is 0 Å². The van der Waals surface area contributed by atoms with Gasteiger partial charge in [-0.1, -0.05) is 12.1 Å². The van der Waals surface area contributed by atoms with Crippen LogP contribution < -0.4 is 15.4 Å². The predicted octanol–water partition coefficient (Wildman–Crippen LogP) is 2.36. The van der Waals surface area contributed by atoms with Crippen LogP contribution in [-0.4, -0.2) is 60.5 Å². The molecule has 2 N–H and O–H groups in total. The molecule has 1 aromatic carbocycles. The van der Waals surface area contributed by atoms with Gasteiger partial charge in [0.15, 0.2) is 5.96 Å². The number of guanidine groups is 1. The molecule has 0 amide bonds. The van der Waals surface area contributed by atoms with Gasteiger partial charge in [-0.05, 0) is 62.5 Å². The third kappa shape index (κ3) is 6.22. The number of aromatic nitrogens is 2.